The second kappa shape index (κ2) is 8.99. The summed E-state index contributed by atoms with van der Waals surface area (Å²) in [6.45, 7) is 1.46. The van der Waals surface area contributed by atoms with Gasteiger partial charge in [-0.2, -0.15) is 5.10 Å². The number of carbonyl (C=O) groups excluding carboxylic acids is 1. The van der Waals surface area contributed by atoms with Gasteiger partial charge in [-0.3, -0.25) is 9.48 Å². The Bertz CT molecular complexity index is 545. The summed E-state index contributed by atoms with van der Waals surface area (Å²) < 4.78 is 6.69. The smallest absolute Gasteiger partial charge is 0.243 e. The highest BCUT2D eigenvalue weighted by molar-refractivity contribution is 5.93. The summed E-state index contributed by atoms with van der Waals surface area (Å²) >= 11 is 0. The van der Waals surface area contributed by atoms with Crippen molar-refractivity contribution in [3.05, 3.63) is 42.7 Å². The third kappa shape index (κ3) is 5.85. The molecule has 114 valence electrons. The molecular weight excluding hydrogens is 292 g/mol. The number of halogens is 1. The number of carbonyl (C=O) groups is 1. The zero-order chi connectivity index (χ0) is 14.2. The van der Waals surface area contributed by atoms with E-state index in [9.17, 15) is 4.79 Å². The van der Waals surface area contributed by atoms with Gasteiger partial charge in [-0.1, -0.05) is 18.2 Å². The molecule has 0 saturated heterocycles. The number of benzene rings is 1. The van der Waals surface area contributed by atoms with Crippen LogP contribution in [0.15, 0.2) is 42.7 Å². The molecule has 0 fully saturated rings. The molecule has 0 bridgehead atoms. The van der Waals surface area contributed by atoms with Gasteiger partial charge >= 0.3 is 0 Å². The van der Waals surface area contributed by atoms with Crippen molar-refractivity contribution in [3.63, 3.8) is 0 Å². The van der Waals surface area contributed by atoms with E-state index >= 15 is 0 Å². The van der Waals surface area contributed by atoms with Gasteiger partial charge in [-0.15, -0.1) is 12.4 Å². The lowest BCUT2D eigenvalue weighted by atomic mass is 10.3. The van der Waals surface area contributed by atoms with Crippen LogP contribution in [0.1, 0.15) is 0 Å². The molecule has 0 unspecified atom stereocenters. The SMILES string of the molecule is COCCn1cc(NC(=O)CNc2ccccc2)cn1.Cl. The number of ether oxygens (including phenoxy) is 1. The standard InChI is InChI=1S/C14H18N4O2.ClH/c1-20-8-7-18-11-13(9-16-18)17-14(19)10-15-12-5-3-2-4-6-12;/h2-6,9,11,15H,7-8,10H2,1H3,(H,17,19);1H. The second-order valence-corrected chi connectivity index (χ2v) is 4.25. The molecule has 2 rings (SSSR count). The molecule has 7 heteroatoms. The minimum Gasteiger partial charge on any atom is -0.383 e. The molecular formula is C14H19ClN4O2. The Morgan fingerprint density at radius 1 is 1.29 bits per heavy atom. The van der Waals surface area contributed by atoms with Crippen molar-refractivity contribution in [2.75, 3.05) is 30.9 Å². The third-order valence-electron chi connectivity index (χ3n) is 2.67. The first-order valence-corrected chi connectivity index (χ1v) is 6.38. The summed E-state index contributed by atoms with van der Waals surface area (Å²) in [5.41, 5.74) is 1.60. The summed E-state index contributed by atoms with van der Waals surface area (Å²) in [7, 11) is 1.64. The number of anilines is 2. The summed E-state index contributed by atoms with van der Waals surface area (Å²) in [6, 6.07) is 9.59. The van der Waals surface area contributed by atoms with Crippen LogP contribution in [0.25, 0.3) is 0 Å². The van der Waals surface area contributed by atoms with Gasteiger partial charge in [0.15, 0.2) is 0 Å². The van der Waals surface area contributed by atoms with E-state index < -0.39 is 0 Å². The first-order valence-electron chi connectivity index (χ1n) is 6.38. The second-order valence-electron chi connectivity index (χ2n) is 4.25. The normalized spacial score (nSPS) is 9.76. The average Bonchev–Trinajstić information content (AvgIpc) is 2.91. The summed E-state index contributed by atoms with van der Waals surface area (Å²) in [4.78, 5) is 11.8. The molecule has 1 aromatic heterocycles. The van der Waals surface area contributed by atoms with E-state index in [1.165, 1.54) is 0 Å². The van der Waals surface area contributed by atoms with Crippen LogP contribution in [0.5, 0.6) is 0 Å². The van der Waals surface area contributed by atoms with E-state index in [0.717, 1.165) is 5.69 Å². The maximum atomic E-state index is 11.8. The third-order valence-corrected chi connectivity index (χ3v) is 2.67. The monoisotopic (exact) mass is 310 g/mol. The lowest BCUT2D eigenvalue weighted by Gasteiger charge is -2.06. The highest BCUT2D eigenvalue weighted by atomic mass is 35.5. The molecule has 2 aromatic rings. The van der Waals surface area contributed by atoms with E-state index in [1.54, 1.807) is 24.2 Å². The van der Waals surface area contributed by atoms with Gasteiger partial charge in [0, 0.05) is 19.0 Å². The number of amides is 1. The fourth-order valence-corrected chi connectivity index (χ4v) is 1.68. The molecule has 21 heavy (non-hydrogen) atoms. The summed E-state index contributed by atoms with van der Waals surface area (Å²) in [5, 5.41) is 9.96. The molecule has 0 aliphatic heterocycles. The van der Waals surface area contributed by atoms with E-state index in [4.69, 9.17) is 4.74 Å². The van der Waals surface area contributed by atoms with Crippen LogP contribution in [-0.2, 0) is 16.1 Å². The zero-order valence-electron chi connectivity index (χ0n) is 11.8. The Kier molecular flexibility index (Phi) is 7.28. The number of nitrogens with one attached hydrogen (secondary N) is 2. The number of aromatic nitrogens is 2. The topological polar surface area (TPSA) is 68.2 Å². The molecule has 1 heterocycles. The van der Waals surface area contributed by atoms with Crippen molar-refractivity contribution in [2.45, 2.75) is 6.54 Å². The number of hydrogen-bond donors (Lipinski definition) is 2. The number of nitrogens with zero attached hydrogens (tertiary/aromatic N) is 2. The first-order chi connectivity index (χ1) is 9.78. The van der Waals surface area contributed by atoms with Gasteiger partial charge in [0.2, 0.25) is 5.91 Å². The van der Waals surface area contributed by atoms with Crippen LogP contribution < -0.4 is 10.6 Å². The van der Waals surface area contributed by atoms with Gasteiger partial charge < -0.3 is 15.4 Å². The Morgan fingerprint density at radius 2 is 2.05 bits per heavy atom. The van der Waals surface area contributed by atoms with Gasteiger partial charge in [0.1, 0.15) is 0 Å². The van der Waals surface area contributed by atoms with Gasteiger partial charge in [0.05, 0.1) is 31.6 Å². The van der Waals surface area contributed by atoms with Crippen LogP contribution in [0.3, 0.4) is 0 Å². The van der Waals surface area contributed by atoms with Gasteiger partial charge in [-0.05, 0) is 12.1 Å². The molecule has 0 saturated carbocycles. The molecule has 0 aliphatic rings. The highest BCUT2D eigenvalue weighted by Crippen LogP contribution is 2.06. The lowest BCUT2D eigenvalue weighted by Crippen LogP contribution is -2.21. The fraction of sp³-hybridized carbons (Fsp3) is 0.286. The molecule has 1 amide bonds. The van der Waals surface area contributed by atoms with E-state index in [2.05, 4.69) is 15.7 Å². The number of methoxy groups -OCH3 is 1. The maximum Gasteiger partial charge on any atom is 0.243 e. The molecule has 1 aromatic carbocycles. The van der Waals surface area contributed by atoms with Crippen molar-refractivity contribution in [2.24, 2.45) is 0 Å². The number of para-hydroxylation sites is 1. The fourth-order valence-electron chi connectivity index (χ4n) is 1.68. The molecule has 0 atom stereocenters. The molecule has 0 aliphatic carbocycles. The largest absolute Gasteiger partial charge is 0.383 e. The maximum absolute atomic E-state index is 11.8. The van der Waals surface area contributed by atoms with Crippen molar-refractivity contribution in [1.82, 2.24) is 9.78 Å². The van der Waals surface area contributed by atoms with Crippen molar-refractivity contribution < 1.29 is 9.53 Å². The van der Waals surface area contributed by atoms with E-state index in [-0.39, 0.29) is 24.9 Å². The van der Waals surface area contributed by atoms with Crippen LogP contribution in [0, 0.1) is 0 Å². The van der Waals surface area contributed by atoms with Crippen molar-refractivity contribution in [3.8, 4) is 0 Å². The minimum atomic E-state index is -0.111. The Balaban J connectivity index is 0.00000220. The van der Waals surface area contributed by atoms with E-state index in [0.29, 0.717) is 18.8 Å². The lowest BCUT2D eigenvalue weighted by molar-refractivity contribution is -0.114. The Hall–Kier alpha value is -2.05. The molecule has 0 spiro atoms. The minimum absolute atomic E-state index is 0. The molecule has 6 nitrogen and oxygen atoms in total. The van der Waals surface area contributed by atoms with Crippen LogP contribution >= 0.6 is 12.4 Å². The Morgan fingerprint density at radius 3 is 2.76 bits per heavy atom. The highest BCUT2D eigenvalue weighted by Gasteiger charge is 2.04. The van der Waals surface area contributed by atoms with Crippen LogP contribution in [0.4, 0.5) is 11.4 Å². The molecule has 0 radical (unpaired) electrons. The molecule has 2 N–H and O–H groups in total. The van der Waals surface area contributed by atoms with Gasteiger partial charge in [0.25, 0.3) is 0 Å². The summed E-state index contributed by atoms with van der Waals surface area (Å²) in [6.07, 6.45) is 3.40. The zero-order valence-corrected chi connectivity index (χ0v) is 12.6. The van der Waals surface area contributed by atoms with Crippen molar-refractivity contribution in [1.29, 1.82) is 0 Å². The quantitative estimate of drug-likeness (QED) is 0.821. The van der Waals surface area contributed by atoms with Gasteiger partial charge in [-0.25, -0.2) is 0 Å². The van der Waals surface area contributed by atoms with Crippen molar-refractivity contribution >= 4 is 29.7 Å². The Labute approximate surface area is 129 Å². The summed E-state index contributed by atoms with van der Waals surface area (Å²) in [5.74, 6) is -0.111. The first kappa shape index (κ1) is 17.0. The van der Waals surface area contributed by atoms with Crippen LogP contribution in [-0.4, -0.2) is 35.9 Å². The predicted octanol–water partition coefficient (Wildman–Crippen LogP) is 2.00. The number of rotatable bonds is 7. The van der Waals surface area contributed by atoms with Crippen LogP contribution in [0.2, 0.25) is 0 Å². The number of hydrogen-bond acceptors (Lipinski definition) is 4. The average molecular weight is 311 g/mol. The predicted molar refractivity (Wildman–Crippen MR) is 84.9 cm³/mol. The van der Waals surface area contributed by atoms with E-state index in [1.807, 2.05) is 30.3 Å².